The number of aliphatic hydroxyl groups excluding tert-OH is 1. The first kappa shape index (κ1) is 28.6. The second-order valence-electron chi connectivity index (χ2n) is 8.91. The molecule has 4 rings (SSSR count). The van der Waals surface area contributed by atoms with Gasteiger partial charge in [-0.25, -0.2) is 9.78 Å². The van der Waals surface area contributed by atoms with E-state index in [9.17, 15) is 19.5 Å². The fourth-order valence-electron chi connectivity index (χ4n) is 4.32. The number of thiazole rings is 1. The van der Waals surface area contributed by atoms with Crippen LogP contribution in [0.25, 0.3) is 5.76 Å². The number of anilines is 1. The summed E-state index contributed by atoms with van der Waals surface area (Å²) in [7, 11) is 0. The maximum atomic E-state index is 13.5. The lowest BCUT2D eigenvalue weighted by Gasteiger charge is -2.24. The molecule has 1 fully saturated rings. The van der Waals surface area contributed by atoms with Gasteiger partial charge in [0.1, 0.15) is 17.2 Å². The van der Waals surface area contributed by atoms with Crippen LogP contribution in [0.3, 0.4) is 0 Å². The molecule has 10 heteroatoms. The van der Waals surface area contributed by atoms with E-state index in [1.165, 1.54) is 11.0 Å². The lowest BCUT2D eigenvalue weighted by atomic mass is 9.95. The Morgan fingerprint density at radius 1 is 1.07 bits per heavy atom. The van der Waals surface area contributed by atoms with Gasteiger partial charge in [-0.2, -0.15) is 0 Å². The standard InChI is InChI=1S/C30H30N2O7S/c1-6-15-39-29(36)27-18(5)31-30(40-27)32-24(20-13-14-21(37-7-2)22(16-20)38-8-3)23(26(34)28(32)35)25(33)19-11-9-17(4)10-12-19/h6,9-14,16,24,33H,1,7-8,15H2,2-5H3. The molecule has 208 valence electrons. The molecule has 1 aliphatic heterocycles. The minimum atomic E-state index is -1.06. The van der Waals surface area contributed by atoms with E-state index in [4.69, 9.17) is 14.2 Å². The molecular formula is C30H30N2O7S. The molecule has 1 N–H and O–H groups in total. The highest BCUT2D eigenvalue weighted by Gasteiger charge is 2.48. The summed E-state index contributed by atoms with van der Waals surface area (Å²) in [5.74, 6) is -1.78. The molecule has 3 aromatic rings. The Labute approximate surface area is 236 Å². The van der Waals surface area contributed by atoms with Crippen LogP contribution >= 0.6 is 11.3 Å². The third kappa shape index (κ3) is 5.48. The number of hydrogen-bond donors (Lipinski definition) is 1. The van der Waals surface area contributed by atoms with Crippen molar-refractivity contribution < 1.29 is 33.7 Å². The number of Topliss-reactive ketones (excluding diaryl/α,β-unsaturated/α-hetero) is 1. The monoisotopic (exact) mass is 562 g/mol. The van der Waals surface area contributed by atoms with Crippen LogP contribution in [0.2, 0.25) is 0 Å². The number of aliphatic hydroxyl groups is 1. The van der Waals surface area contributed by atoms with Gasteiger partial charge in [0, 0.05) is 5.56 Å². The van der Waals surface area contributed by atoms with Crippen molar-refractivity contribution in [2.45, 2.75) is 33.7 Å². The second kappa shape index (κ2) is 12.2. The number of amides is 1. The van der Waals surface area contributed by atoms with Gasteiger partial charge >= 0.3 is 11.9 Å². The maximum Gasteiger partial charge on any atom is 0.350 e. The molecule has 9 nitrogen and oxygen atoms in total. The highest BCUT2D eigenvalue weighted by Crippen LogP contribution is 2.45. The zero-order chi connectivity index (χ0) is 29.0. The molecule has 2 aromatic carbocycles. The summed E-state index contributed by atoms with van der Waals surface area (Å²) in [6.07, 6.45) is 1.45. The molecule has 0 aliphatic carbocycles. The van der Waals surface area contributed by atoms with Crippen LogP contribution in [-0.4, -0.2) is 47.6 Å². The van der Waals surface area contributed by atoms with Crippen LogP contribution < -0.4 is 14.4 Å². The minimum Gasteiger partial charge on any atom is -0.507 e. The largest absolute Gasteiger partial charge is 0.507 e. The average Bonchev–Trinajstić information content (AvgIpc) is 3.45. The molecule has 1 unspecified atom stereocenters. The Morgan fingerprint density at radius 3 is 2.40 bits per heavy atom. The molecule has 1 aliphatic rings. The van der Waals surface area contributed by atoms with Crippen LogP contribution in [0, 0.1) is 13.8 Å². The highest BCUT2D eigenvalue weighted by molar-refractivity contribution is 7.17. The molecular weight excluding hydrogens is 532 g/mol. The number of carbonyl (C=O) groups excluding carboxylic acids is 3. The van der Waals surface area contributed by atoms with Crippen molar-refractivity contribution in [1.82, 2.24) is 4.98 Å². The lowest BCUT2D eigenvalue weighted by molar-refractivity contribution is -0.132. The zero-order valence-corrected chi connectivity index (χ0v) is 23.5. The van der Waals surface area contributed by atoms with E-state index in [0.717, 1.165) is 16.9 Å². The van der Waals surface area contributed by atoms with Crippen molar-refractivity contribution in [3.8, 4) is 11.5 Å². The molecule has 0 spiro atoms. The number of nitrogens with zero attached hydrogens (tertiary/aromatic N) is 2. The molecule has 0 saturated carbocycles. The van der Waals surface area contributed by atoms with Crippen molar-refractivity contribution in [2.75, 3.05) is 24.7 Å². The van der Waals surface area contributed by atoms with Gasteiger partial charge in [-0.1, -0.05) is 59.9 Å². The van der Waals surface area contributed by atoms with Crippen molar-refractivity contribution in [3.63, 3.8) is 0 Å². The van der Waals surface area contributed by atoms with Crippen LogP contribution in [0.15, 0.2) is 60.7 Å². The first-order valence-corrected chi connectivity index (χ1v) is 13.6. The van der Waals surface area contributed by atoms with Crippen LogP contribution in [0.4, 0.5) is 5.13 Å². The van der Waals surface area contributed by atoms with Crippen molar-refractivity contribution in [1.29, 1.82) is 0 Å². The van der Waals surface area contributed by atoms with Gasteiger partial charge in [0.25, 0.3) is 5.78 Å². The second-order valence-corrected chi connectivity index (χ2v) is 9.88. The average molecular weight is 563 g/mol. The number of esters is 1. The number of ketones is 1. The summed E-state index contributed by atoms with van der Waals surface area (Å²) in [5, 5.41) is 11.5. The van der Waals surface area contributed by atoms with Crippen LogP contribution in [0.5, 0.6) is 11.5 Å². The van der Waals surface area contributed by atoms with Gasteiger partial charge in [0.05, 0.1) is 30.5 Å². The predicted octanol–water partition coefficient (Wildman–Crippen LogP) is 5.53. The van der Waals surface area contributed by atoms with E-state index in [2.05, 4.69) is 11.6 Å². The van der Waals surface area contributed by atoms with Crippen LogP contribution in [0.1, 0.15) is 51.9 Å². The van der Waals surface area contributed by atoms with Crippen molar-refractivity contribution in [3.05, 3.63) is 88.0 Å². The Bertz CT molecular complexity index is 1490. The van der Waals surface area contributed by atoms with E-state index in [0.29, 0.717) is 41.5 Å². The van der Waals surface area contributed by atoms with Gasteiger partial charge in [0.15, 0.2) is 16.6 Å². The van der Waals surface area contributed by atoms with E-state index >= 15 is 0 Å². The van der Waals surface area contributed by atoms with Gasteiger partial charge < -0.3 is 19.3 Å². The summed E-state index contributed by atoms with van der Waals surface area (Å²) in [4.78, 5) is 45.5. The SMILES string of the molecule is C=CCOC(=O)c1sc(N2C(=O)C(=O)C(=C(O)c3ccc(C)cc3)C2c2ccc(OCC)c(OCC)c2)nc1C. The number of carbonyl (C=O) groups is 3. The van der Waals surface area contributed by atoms with Gasteiger partial charge in [0.2, 0.25) is 0 Å². The summed E-state index contributed by atoms with van der Waals surface area (Å²) in [6, 6.07) is 11.0. The Hall–Kier alpha value is -4.44. The Morgan fingerprint density at radius 2 is 1.75 bits per heavy atom. The van der Waals surface area contributed by atoms with Crippen molar-refractivity contribution >= 4 is 39.9 Å². The third-order valence-electron chi connectivity index (χ3n) is 6.16. The quantitative estimate of drug-likeness (QED) is 0.113. The van der Waals surface area contributed by atoms with E-state index < -0.39 is 23.7 Å². The van der Waals surface area contributed by atoms with Gasteiger partial charge in [-0.15, -0.1) is 0 Å². The number of hydrogen-bond acceptors (Lipinski definition) is 9. The number of benzene rings is 2. The summed E-state index contributed by atoms with van der Waals surface area (Å²) in [6.45, 7) is 11.5. The van der Waals surface area contributed by atoms with E-state index in [-0.39, 0.29) is 27.9 Å². The topological polar surface area (TPSA) is 115 Å². The van der Waals surface area contributed by atoms with Gasteiger partial charge in [-0.05, 0) is 45.4 Å². The Balaban J connectivity index is 1.92. The van der Waals surface area contributed by atoms with Crippen LogP contribution in [-0.2, 0) is 14.3 Å². The third-order valence-corrected chi connectivity index (χ3v) is 7.30. The van der Waals surface area contributed by atoms with Gasteiger partial charge in [-0.3, -0.25) is 14.5 Å². The predicted molar refractivity (Wildman–Crippen MR) is 152 cm³/mol. The number of aromatic nitrogens is 1. The molecule has 1 atom stereocenters. The first-order chi connectivity index (χ1) is 19.2. The first-order valence-electron chi connectivity index (χ1n) is 12.7. The molecule has 0 radical (unpaired) electrons. The summed E-state index contributed by atoms with van der Waals surface area (Å²) >= 11 is 0.930. The molecule has 0 bridgehead atoms. The summed E-state index contributed by atoms with van der Waals surface area (Å²) in [5.41, 5.74) is 2.08. The molecule has 40 heavy (non-hydrogen) atoms. The van der Waals surface area contributed by atoms with Crippen molar-refractivity contribution in [2.24, 2.45) is 0 Å². The number of aryl methyl sites for hydroxylation is 2. The van der Waals surface area contributed by atoms with E-state index in [1.54, 1.807) is 49.4 Å². The molecule has 1 saturated heterocycles. The van der Waals surface area contributed by atoms with E-state index in [1.807, 2.05) is 20.8 Å². The molecule has 2 heterocycles. The molecule has 1 aromatic heterocycles. The fourth-order valence-corrected chi connectivity index (χ4v) is 5.31. The summed E-state index contributed by atoms with van der Waals surface area (Å²) < 4.78 is 16.6. The highest BCUT2D eigenvalue weighted by atomic mass is 32.1. The fraction of sp³-hybridized carbons (Fsp3) is 0.267. The Kier molecular flexibility index (Phi) is 8.69. The number of ether oxygens (including phenoxy) is 3. The zero-order valence-electron chi connectivity index (χ0n) is 22.7. The minimum absolute atomic E-state index is 0.0129. The molecule has 1 amide bonds. The lowest BCUT2D eigenvalue weighted by Crippen LogP contribution is -2.29. The maximum absolute atomic E-state index is 13.5. The number of rotatable bonds is 10. The smallest absolute Gasteiger partial charge is 0.350 e. The normalized spacial score (nSPS) is 16.2.